The Morgan fingerprint density at radius 1 is 0.826 bits per heavy atom. The lowest BCUT2D eigenvalue weighted by atomic mass is 9.87. The minimum Gasteiger partial charge on any atom is -0.497 e. The van der Waals surface area contributed by atoms with Gasteiger partial charge in [0.25, 0.3) is 5.91 Å². The largest absolute Gasteiger partial charge is 0.497 e. The molecule has 7 rings (SSSR count). The van der Waals surface area contributed by atoms with Gasteiger partial charge in [-0.15, -0.1) is 0 Å². The molecule has 4 fully saturated rings. The Hall–Kier alpha value is -3.16. The average Bonchev–Trinajstić information content (AvgIpc) is 3.71. The summed E-state index contributed by atoms with van der Waals surface area (Å²) in [6.45, 7) is 3.93. The van der Waals surface area contributed by atoms with Crippen LogP contribution in [0, 0.1) is 6.92 Å². The van der Waals surface area contributed by atoms with E-state index in [0.717, 1.165) is 68.4 Å². The molecule has 244 valence electrons. The molecular weight excluding hydrogens is 591 g/mol. The van der Waals surface area contributed by atoms with E-state index in [1.54, 1.807) is 7.11 Å². The van der Waals surface area contributed by atoms with Crippen LogP contribution in [0.2, 0.25) is 0 Å². The maximum atomic E-state index is 15.6. The Kier molecular flexibility index (Phi) is 9.50. The summed E-state index contributed by atoms with van der Waals surface area (Å²) in [6.07, 6.45) is 13.5. The number of aryl methyl sites for hydroxylation is 1. The number of benzene rings is 3. The minimum absolute atomic E-state index is 0.0718. The van der Waals surface area contributed by atoms with E-state index >= 15 is 4.79 Å². The zero-order valence-electron chi connectivity index (χ0n) is 27.5. The van der Waals surface area contributed by atoms with E-state index in [1.807, 2.05) is 37.3 Å². The molecule has 1 amide bonds. The highest BCUT2D eigenvalue weighted by Crippen LogP contribution is 2.46. The smallest absolute Gasteiger partial charge is 0.256 e. The van der Waals surface area contributed by atoms with Gasteiger partial charge in [-0.25, -0.2) is 4.21 Å². The Labute approximate surface area is 277 Å². The van der Waals surface area contributed by atoms with Crippen LogP contribution in [0.25, 0.3) is 0 Å². The summed E-state index contributed by atoms with van der Waals surface area (Å²) in [5, 5.41) is 0. The second-order valence-electron chi connectivity index (χ2n) is 13.9. The third-order valence-corrected chi connectivity index (χ3v) is 12.4. The van der Waals surface area contributed by atoms with E-state index in [0.29, 0.717) is 27.1 Å². The maximum Gasteiger partial charge on any atom is 0.256 e. The van der Waals surface area contributed by atoms with Crippen LogP contribution in [-0.2, 0) is 10.8 Å². The number of fused-ring (bicyclic) bond motifs is 1. The van der Waals surface area contributed by atoms with Gasteiger partial charge in [0.15, 0.2) is 0 Å². The van der Waals surface area contributed by atoms with E-state index in [2.05, 4.69) is 51.1 Å². The van der Waals surface area contributed by atoms with Crippen molar-refractivity contribution < 1.29 is 13.7 Å². The molecule has 2 aliphatic heterocycles. The van der Waals surface area contributed by atoms with Gasteiger partial charge >= 0.3 is 0 Å². The first-order valence-corrected chi connectivity index (χ1v) is 18.8. The molecule has 6 nitrogen and oxygen atoms in total. The lowest BCUT2D eigenvalue weighted by molar-refractivity contribution is 0.0441. The molecule has 7 heteroatoms. The number of carbonyl (C=O) groups excluding carboxylic acids is 1. The molecule has 3 atom stereocenters. The summed E-state index contributed by atoms with van der Waals surface area (Å²) in [7, 11) is 0.116. The highest BCUT2D eigenvalue weighted by atomic mass is 32.2. The normalized spacial score (nSPS) is 23.3. The predicted molar refractivity (Wildman–Crippen MR) is 185 cm³/mol. The SMILES string of the molecule is COc1cc([C@H]2N(c3ccccc3)C[C@@H]3CCCN32)c(C(=O)N(C2CCCCC2)C2CCCCC2)c([S@@](=O)c2ccc(C)cc2)c1. The van der Waals surface area contributed by atoms with Crippen LogP contribution in [0.15, 0.2) is 76.5 Å². The number of amides is 1. The predicted octanol–water partition coefficient (Wildman–Crippen LogP) is 8.26. The van der Waals surface area contributed by atoms with Crippen LogP contribution in [0.5, 0.6) is 5.75 Å². The third kappa shape index (κ3) is 6.13. The number of rotatable bonds is 8. The zero-order valence-corrected chi connectivity index (χ0v) is 28.4. The number of carbonyl (C=O) groups is 1. The van der Waals surface area contributed by atoms with Crippen LogP contribution in [0.4, 0.5) is 5.69 Å². The molecule has 2 aliphatic carbocycles. The molecule has 2 saturated carbocycles. The quantitative estimate of drug-likeness (QED) is 0.248. The summed E-state index contributed by atoms with van der Waals surface area (Å²) in [4.78, 5) is 24.2. The van der Waals surface area contributed by atoms with Crippen molar-refractivity contribution in [1.29, 1.82) is 0 Å². The fraction of sp³-hybridized carbons (Fsp3) is 0.513. The first-order chi connectivity index (χ1) is 22.5. The fourth-order valence-electron chi connectivity index (χ4n) is 8.67. The summed E-state index contributed by atoms with van der Waals surface area (Å²) in [5.74, 6) is 0.724. The molecule has 0 N–H and O–H groups in total. The molecule has 46 heavy (non-hydrogen) atoms. The number of anilines is 1. The number of hydrogen-bond acceptors (Lipinski definition) is 5. The number of ether oxygens (including phenoxy) is 1. The van der Waals surface area contributed by atoms with Crippen LogP contribution in [0.3, 0.4) is 0 Å². The Bertz CT molecular complexity index is 1510. The summed E-state index contributed by atoms with van der Waals surface area (Å²) < 4.78 is 20.7. The number of hydrogen-bond donors (Lipinski definition) is 0. The van der Waals surface area contributed by atoms with Crippen molar-refractivity contribution >= 4 is 22.4 Å². The number of nitrogens with zero attached hydrogens (tertiary/aromatic N) is 3. The second kappa shape index (κ2) is 13.9. The van der Waals surface area contributed by atoms with Crippen LogP contribution in [-0.4, -0.2) is 58.2 Å². The van der Waals surface area contributed by atoms with Crippen molar-refractivity contribution in [2.24, 2.45) is 0 Å². The third-order valence-electron chi connectivity index (χ3n) is 11.0. The average molecular weight is 640 g/mol. The molecule has 0 bridgehead atoms. The standard InChI is InChI=1S/C39H49N3O3S/c1-28-20-22-34(23-21-28)46(44)36-26-33(45-2)25-35(38-40-24-12-19-32(40)27-41(38)29-13-6-3-7-14-29)37(36)39(43)42(30-15-8-4-9-16-30)31-17-10-5-11-18-31/h3,6-7,13-14,20-23,25-26,30-32,38H,4-5,8-12,15-19,24,27H2,1-2H3/t32-,38+,46-/m0/s1. The van der Waals surface area contributed by atoms with Crippen molar-refractivity contribution in [3.05, 3.63) is 83.4 Å². The molecule has 0 spiro atoms. The van der Waals surface area contributed by atoms with Crippen LogP contribution < -0.4 is 9.64 Å². The number of methoxy groups -OCH3 is 1. The fourth-order valence-corrected chi connectivity index (χ4v) is 9.92. The zero-order chi connectivity index (χ0) is 31.6. The van der Waals surface area contributed by atoms with Crippen LogP contribution >= 0.6 is 0 Å². The topological polar surface area (TPSA) is 53.1 Å². The highest BCUT2D eigenvalue weighted by molar-refractivity contribution is 7.85. The van der Waals surface area contributed by atoms with Gasteiger partial charge in [-0.05, 0) is 81.8 Å². The van der Waals surface area contributed by atoms with E-state index in [-0.39, 0.29) is 24.2 Å². The molecule has 0 aromatic heterocycles. The second-order valence-corrected chi connectivity index (χ2v) is 15.3. The molecular formula is C39H49N3O3S. The molecule has 0 unspecified atom stereocenters. The molecule has 2 saturated heterocycles. The monoisotopic (exact) mass is 639 g/mol. The van der Waals surface area contributed by atoms with Crippen molar-refractivity contribution in [3.63, 3.8) is 0 Å². The molecule has 3 aromatic rings. The summed E-state index contributed by atoms with van der Waals surface area (Å²) in [5.41, 5.74) is 3.84. The molecule has 0 radical (unpaired) electrons. The Morgan fingerprint density at radius 3 is 2.11 bits per heavy atom. The lowest BCUT2D eigenvalue weighted by Gasteiger charge is -2.43. The van der Waals surface area contributed by atoms with Gasteiger partial charge in [-0.1, -0.05) is 74.4 Å². The van der Waals surface area contributed by atoms with Gasteiger partial charge in [0, 0.05) is 47.4 Å². The summed E-state index contributed by atoms with van der Waals surface area (Å²) in [6, 6.07) is 23.4. The van der Waals surface area contributed by atoms with E-state index in [4.69, 9.17) is 4.74 Å². The lowest BCUT2D eigenvalue weighted by Crippen LogP contribution is -2.49. The minimum atomic E-state index is -1.56. The molecule has 4 aliphatic rings. The van der Waals surface area contributed by atoms with Gasteiger partial charge in [0.2, 0.25) is 0 Å². The van der Waals surface area contributed by atoms with E-state index in [9.17, 15) is 4.21 Å². The first-order valence-electron chi connectivity index (χ1n) is 17.6. The number of para-hydroxylation sites is 1. The van der Waals surface area contributed by atoms with Crippen LogP contribution in [0.1, 0.15) is 105 Å². The first kappa shape index (κ1) is 31.4. The molecule has 2 heterocycles. The van der Waals surface area contributed by atoms with Gasteiger partial charge in [0.1, 0.15) is 11.9 Å². The van der Waals surface area contributed by atoms with Gasteiger partial charge < -0.3 is 14.5 Å². The van der Waals surface area contributed by atoms with Gasteiger partial charge in [0.05, 0.1) is 28.4 Å². The van der Waals surface area contributed by atoms with E-state index in [1.165, 1.54) is 38.5 Å². The Morgan fingerprint density at radius 2 is 1.48 bits per heavy atom. The molecule has 3 aromatic carbocycles. The summed E-state index contributed by atoms with van der Waals surface area (Å²) >= 11 is 0. The van der Waals surface area contributed by atoms with Crippen molar-refractivity contribution in [2.45, 2.75) is 118 Å². The highest BCUT2D eigenvalue weighted by Gasteiger charge is 2.46. The van der Waals surface area contributed by atoms with Crippen molar-refractivity contribution in [1.82, 2.24) is 9.80 Å². The Balaban J connectivity index is 1.43. The van der Waals surface area contributed by atoms with Crippen molar-refractivity contribution in [2.75, 3.05) is 25.1 Å². The maximum absolute atomic E-state index is 15.6. The van der Waals surface area contributed by atoms with E-state index < -0.39 is 10.8 Å². The van der Waals surface area contributed by atoms with Gasteiger partial charge in [-0.2, -0.15) is 0 Å². The van der Waals surface area contributed by atoms with Crippen molar-refractivity contribution in [3.8, 4) is 5.75 Å². The van der Waals surface area contributed by atoms with Gasteiger partial charge in [-0.3, -0.25) is 9.69 Å².